The van der Waals surface area contributed by atoms with E-state index in [4.69, 9.17) is 5.11 Å². The van der Waals surface area contributed by atoms with Gasteiger partial charge in [-0.2, -0.15) is 11.8 Å². The third-order valence-corrected chi connectivity index (χ3v) is 3.25. The zero-order valence-corrected chi connectivity index (χ0v) is 10.3. The van der Waals surface area contributed by atoms with Crippen molar-refractivity contribution in [2.24, 2.45) is 5.92 Å². The topological polar surface area (TPSA) is 69.6 Å². The van der Waals surface area contributed by atoms with E-state index in [0.29, 0.717) is 26.1 Å². The first-order valence-corrected chi connectivity index (χ1v) is 6.79. The Morgan fingerprint density at radius 2 is 2.31 bits per heavy atom. The van der Waals surface area contributed by atoms with E-state index < -0.39 is 11.9 Å². The molecule has 1 fully saturated rings. The van der Waals surface area contributed by atoms with Gasteiger partial charge in [0.05, 0.1) is 5.92 Å². The third kappa shape index (κ3) is 3.92. The van der Waals surface area contributed by atoms with Gasteiger partial charge in [-0.05, 0) is 19.1 Å². The average Bonchev–Trinajstić information content (AvgIpc) is 2.29. The molecule has 1 atom stereocenters. The molecule has 0 radical (unpaired) electrons. The van der Waals surface area contributed by atoms with E-state index in [1.54, 1.807) is 16.7 Å². The molecule has 2 N–H and O–H groups in total. The standard InChI is InChI=1S/C10H18N2O3S/c1-16-6-4-11-10(15)12-5-2-3-8(7-12)9(13)14/h8H,2-7H2,1H3,(H,11,15)(H,13,14). The van der Waals surface area contributed by atoms with Crippen LogP contribution in [0.3, 0.4) is 0 Å². The lowest BCUT2D eigenvalue weighted by atomic mass is 9.99. The molecule has 1 aliphatic heterocycles. The molecule has 0 aromatic rings. The highest BCUT2D eigenvalue weighted by atomic mass is 32.2. The van der Waals surface area contributed by atoms with Crippen LogP contribution in [0.1, 0.15) is 12.8 Å². The van der Waals surface area contributed by atoms with Crippen molar-refractivity contribution in [3.05, 3.63) is 0 Å². The highest BCUT2D eigenvalue weighted by molar-refractivity contribution is 7.98. The Labute approximate surface area is 99.6 Å². The van der Waals surface area contributed by atoms with Crippen LogP contribution in [-0.2, 0) is 4.79 Å². The fourth-order valence-corrected chi connectivity index (χ4v) is 2.04. The molecule has 6 heteroatoms. The number of amides is 2. The number of likely N-dealkylation sites (tertiary alicyclic amines) is 1. The largest absolute Gasteiger partial charge is 0.481 e. The maximum atomic E-state index is 11.7. The number of piperidine rings is 1. The second kappa shape index (κ2) is 6.62. The summed E-state index contributed by atoms with van der Waals surface area (Å²) in [6, 6.07) is -0.139. The van der Waals surface area contributed by atoms with Crippen molar-refractivity contribution in [3.8, 4) is 0 Å². The summed E-state index contributed by atoms with van der Waals surface area (Å²) in [7, 11) is 0. The molecule has 16 heavy (non-hydrogen) atoms. The number of carboxylic acid groups (broad SMARTS) is 1. The molecule has 1 heterocycles. The normalized spacial score (nSPS) is 20.6. The van der Waals surface area contributed by atoms with Gasteiger partial charge in [0, 0.05) is 25.4 Å². The lowest BCUT2D eigenvalue weighted by molar-refractivity contribution is -0.143. The van der Waals surface area contributed by atoms with Gasteiger partial charge < -0.3 is 15.3 Å². The first-order valence-electron chi connectivity index (χ1n) is 5.39. The second-order valence-corrected chi connectivity index (χ2v) is 4.83. The lowest BCUT2D eigenvalue weighted by Crippen LogP contribution is -2.47. The number of aliphatic carboxylic acids is 1. The third-order valence-electron chi connectivity index (χ3n) is 2.64. The van der Waals surface area contributed by atoms with Gasteiger partial charge in [0.1, 0.15) is 0 Å². The molecular formula is C10H18N2O3S. The van der Waals surface area contributed by atoms with E-state index in [0.717, 1.165) is 12.2 Å². The molecule has 5 nitrogen and oxygen atoms in total. The van der Waals surface area contributed by atoms with E-state index in [2.05, 4.69) is 5.32 Å². The van der Waals surface area contributed by atoms with Crippen molar-refractivity contribution < 1.29 is 14.7 Å². The Morgan fingerprint density at radius 1 is 1.56 bits per heavy atom. The van der Waals surface area contributed by atoms with Gasteiger partial charge in [-0.1, -0.05) is 0 Å². The lowest BCUT2D eigenvalue weighted by Gasteiger charge is -2.30. The van der Waals surface area contributed by atoms with Crippen LogP contribution in [0, 0.1) is 5.92 Å². The van der Waals surface area contributed by atoms with Crippen LogP contribution >= 0.6 is 11.8 Å². The predicted octanol–water partition coefficient (Wildman–Crippen LogP) is 0.856. The zero-order valence-electron chi connectivity index (χ0n) is 9.44. The smallest absolute Gasteiger partial charge is 0.317 e. The summed E-state index contributed by atoms with van der Waals surface area (Å²) in [5.41, 5.74) is 0. The van der Waals surface area contributed by atoms with Gasteiger partial charge in [0.15, 0.2) is 0 Å². The van der Waals surface area contributed by atoms with Crippen molar-refractivity contribution in [1.82, 2.24) is 10.2 Å². The van der Waals surface area contributed by atoms with Crippen molar-refractivity contribution >= 4 is 23.8 Å². The summed E-state index contributed by atoms with van der Waals surface area (Å²) >= 11 is 1.67. The molecule has 2 amide bonds. The minimum atomic E-state index is -0.804. The summed E-state index contributed by atoms with van der Waals surface area (Å²) in [6.07, 6.45) is 3.42. The molecule has 92 valence electrons. The number of hydrogen-bond donors (Lipinski definition) is 2. The molecule has 1 aliphatic rings. The molecule has 0 bridgehead atoms. The van der Waals surface area contributed by atoms with Gasteiger partial charge in [0.2, 0.25) is 0 Å². The fourth-order valence-electron chi connectivity index (χ4n) is 1.74. The fraction of sp³-hybridized carbons (Fsp3) is 0.800. The SMILES string of the molecule is CSCCNC(=O)N1CCCC(C(=O)O)C1. The number of carbonyl (C=O) groups is 2. The summed E-state index contributed by atoms with van der Waals surface area (Å²) < 4.78 is 0. The summed E-state index contributed by atoms with van der Waals surface area (Å²) in [5, 5.41) is 11.7. The van der Waals surface area contributed by atoms with Gasteiger partial charge >= 0.3 is 12.0 Å². The number of urea groups is 1. The molecule has 0 aliphatic carbocycles. The van der Waals surface area contributed by atoms with Crippen LogP contribution in [0.4, 0.5) is 4.79 Å². The number of carbonyl (C=O) groups excluding carboxylic acids is 1. The number of nitrogens with one attached hydrogen (secondary N) is 1. The number of carboxylic acids is 1. The van der Waals surface area contributed by atoms with Gasteiger partial charge in [-0.25, -0.2) is 4.79 Å². The van der Waals surface area contributed by atoms with E-state index in [1.807, 2.05) is 6.26 Å². The molecule has 1 unspecified atom stereocenters. The zero-order chi connectivity index (χ0) is 12.0. The highest BCUT2D eigenvalue weighted by Gasteiger charge is 2.27. The Balaban J connectivity index is 2.35. The van der Waals surface area contributed by atoms with Gasteiger partial charge in [0.25, 0.3) is 0 Å². The minimum Gasteiger partial charge on any atom is -0.481 e. The van der Waals surface area contributed by atoms with Crippen molar-refractivity contribution in [2.45, 2.75) is 12.8 Å². The molecule has 0 spiro atoms. The van der Waals surface area contributed by atoms with E-state index in [-0.39, 0.29) is 6.03 Å². The highest BCUT2D eigenvalue weighted by Crippen LogP contribution is 2.16. The van der Waals surface area contributed by atoms with Crippen LogP contribution in [0.2, 0.25) is 0 Å². The Bertz CT molecular complexity index is 260. The predicted molar refractivity (Wildman–Crippen MR) is 63.7 cm³/mol. The Morgan fingerprint density at radius 3 is 2.94 bits per heavy atom. The summed E-state index contributed by atoms with van der Waals surface area (Å²) in [4.78, 5) is 24.1. The molecule has 1 rings (SSSR count). The molecule has 0 aromatic heterocycles. The van der Waals surface area contributed by atoms with Crippen molar-refractivity contribution in [1.29, 1.82) is 0 Å². The van der Waals surface area contributed by atoms with Crippen molar-refractivity contribution in [2.75, 3.05) is 31.6 Å². The second-order valence-electron chi connectivity index (χ2n) is 3.85. The van der Waals surface area contributed by atoms with Crippen LogP contribution in [0.25, 0.3) is 0 Å². The van der Waals surface area contributed by atoms with E-state index in [1.165, 1.54) is 0 Å². The molecule has 0 aromatic carbocycles. The minimum absolute atomic E-state index is 0.139. The number of rotatable bonds is 4. The van der Waals surface area contributed by atoms with Crippen LogP contribution in [0.15, 0.2) is 0 Å². The number of nitrogens with zero attached hydrogens (tertiary/aromatic N) is 1. The van der Waals surface area contributed by atoms with Gasteiger partial charge in [-0.3, -0.25) is 4.79 Å². The quantitative estimate of drug-likeness (QED) is 0.722. The maximum absolute atomic E-state index is 11.7. The average molecular weight is 246 g/mol. The first kappa shape index (κ1) is 13.2. The van der Waals surface area contributed by atoms with Crippen molar-refractivity contribution in [3.63, 3.8) is 0 Å². The monoisotopic (exact) mass is 246 g/mol. The molecule has 1 saturated heterocycles. The Kier molecular flexibility index (Phi) is 5.45. The van der Waals surface area contributed by atoms with Crippen LogP contribution < -0.4 is 5.32 Å². The van der Waals surface area contributed by atoms with Crippen LogP contribution in [0.5, 0.6) is 0 Å². The number of thioether (sulfide) groups is 1. The van der Waals surface area contributed by atoms with E-state index >= 15 is 0 Å². The number of hydrogen-bond acceptors (Lipinski definition) is 3. The van der Waals surface area contributed by atoms with Crippen LogP contribution in [-0.4, -0.2) is 53.6 Å². The summed E-state index contributed by atoms with van der Waals surface area (Å²) in [5.74, 6) is -0.330. The molecule has 0 saturated carbocycles. The molecular weight excluding hydrogens is 228 g/mol. The maximum Gasteiger partial charge on any atom is 0.317 e. The summed E-state index contributed by atoms with van der Waals surface area (Å²) in [6.45, 7) is 1.63. The Hall–Kier alpha value is -0.910. The first-order chi connectivity index (χ1) is 7.65. The van der Waals surface area contributed by atoms with E-state index in [9.17, 15) is 9.59 Å². The van der Waals surface area contributed by atoms with Gasteiger partial charge in [-0.15, -0.1) is 0 Å².